The normalized spacial score (nSPS) is 11.4. The SMILES string of the molecule is CC(=O)n1c2ccc(Br)cc2c2[nH]c(=S)[nH]c21. The van der Waals surface area contributed by atoms with Crippen LogP contribution >= 0.6 is 28.1 Å². The second-order valence-electron chi connectivity index (χ2n) is 3.82. The van der Waals surface area contributed by atoms with Crippen molar-refractivity contribution in [3.8, 4) is 0 Å². The highest BCUT2D eigenvalue weighted by Gasteiger charge is 2.15. The Hall–Kier alpha value is -1.40. The molecule has 86 valence electrons. The van der Waals surface area contributed by atoms with Gasteiger partial charge in [-0.3, -0.25) is 9.36 Å². The van der Waals surface area contributed by atoms with Crippen molar-refractivity contribution in [2.45, 2.75) is 6.92 Å². The van der Waals surface area contributed by atoms with Gasteiger partial charge in [0.1, 0.15) is 5.65 Å². The zero-order valence-corrected chi connectivity index (χ0v) is 11.3. The number of hydrogen-bond donors (Lipinski definition) is 2. The Morgan fingerprint density at radius 3 is 2.88 bits per heavy atom. The second-order valence-corrected chi connectivity index (χ2v) is 5.14. The largest absolute Gasteiger partial charge is 0.329 e. The number of carbonyl (C=O) groups is 1. The molecule has 3 aromatic rings. The molecule has 0 saturated heterocycles. The van der Waals surface area contributed by atoms with Crippen molar-refractivity contribution in [3.63, 3.8) is 0 Å². The van der Waals surface area contributed by atoms with E-state index in [4.69, 9.17) is 12.2 Å². The fourth-order valence-electron chi connectivity index (χ4n) is 2.09. The molecular formula is C11H8BrN3OS. The molecule has 6 heteroatoms. The number of nitrogens with one attached hydrogen (secondary N) is 2. The van der Waals surface area contributed by atoms with Gasteiger partial charge >= 0.3 is 0 Å². The number of fused-ring (bicyclic) bond motifs is 3. The summed E-state index contributed by atoms with van der Waals surface area (Å²) >= 11 is 8.49. The van der Waals surface area contributed by atoms with Crippen molar-refractivity contribution in [3.05, 3.63) is 27.4 Å². The van der Waals surface area contributed by atoms with Crippen LogP contribution in [0.2, 0.25) is 0 Å². The quantitative estimate of drug-likeness (QED) is 0.623. The van der Waals surface area contributed by atoms with E-state index in [2.05, 4.69) is 25.9 Å². The van der Waals surface area contributed by atoms with Gasteiger partial charge in [0.2, 0.25) is 5.91 Å². The lowest BCUT2D eigenvalue weighted by atomic mass is 10.2. The third-order valence-electron chi connectivity index (χ3n) is 2.71. The van der Waals surface area contributed by atoms with Crippen LogP contribution in [-0.2, 0) is 0 Å². The highest BCUT2D eigenvalue weighted by Crippen LogP contribution is 2.29. The second kappa shape index (κ2) is 3.54. The van der Waals surface area contributed by atoms with Gasteiger partial charge in [-0.1, -0.05) is 15.9 Å². The molecule has 0 spiro atoms. The van der Waals surface area contributed by atoms with Crippen LogP contribution in [-0.4, -0.2) is 20.4 Å². The van der Waals surface area contributed by atoms with Crippen LogP contribution in [0.5, 0.6) is 0 Å². The number of aromatic amines is 2. The molecule has 3 rings (SSSR count). The summed E-state index contributed by atoms with van der Waals surface area (Å²) in [5.74, 6) is -0.0439. The smallest absolute Gasteiger partial charge is 0.229 e. The van der Waals surface area contributed by atoms with Gasteiger partial charge in [-0.2, -0.15) is 0 Å². The number of benzene rings is 1. The van der Waals surface area contributed by atoms with E-state index in [-0.39, 0.29) is 5.91 Å². The molecule has 1 aromatic carbocycles. The first kappa shape index (κ1) is 10.7. The number of aromatic nitrogens is 3. The maximum Gasteiger partial charge on any atom is 0.229 e. The molecule has 0 amide bonds. The molecule has 0 aliphatic heterocycles. The molecule has 17 heavy (non-hydrogen) atoms. The molecule has 0 bridgehead atoms. The van der Waals surface area contributed by atoms with Crippen molar-refractivity contribution >= 4 is 56.1 Å². The minimum Gasteiger partial charge on any atom is -0.329 e. The van der Waals surface area contributed by atoms with Crippen molar-refractivity contribution in [2.24, 2.45) is 0 Å². The number of nitrogens with zero attached hydrogens (tertiary/aromatic N) is 1. The number of hydrogen-bond acceptors (Lipinski definition) is 2. The van der Waals surface area contributed by atoms with Gasteiger partial charge in [-0.15, -0.1) is 0 Å². The molecule has 0 radical (unpaired) electrons. The van der Waals surface area contributed by atoms with Gasteiger partial charge in [0.15, 0.2) is 4.77 Å². The van der Waals surface area contributed by atoms with E-state index in [0.717, 1.165) is 26.5 Å². The third-order valence-corrected chi connectivity index (χ3v) is 3.41. The first-order chi connectivity index (χ1) is 8.08. The van der Waals surface area contributed by atoms with Gasteiger partial charge in [0, 0.05) is 16.8 Å². The predicted molar refractivity (Wildman–Crippen MR) is 73.0 cm³/mol. The maximum absolute atomic E-state index is 11.7. The first-order valence-electron chi connectivity index (χ1n) is 5.01. The Kier molecular flexibility index (Phi) is 2.24. The van der Waals surface area contributed by atoms with E-state index in [9.17, 15) is 4.79 Å². The fourth-order valence-corrected chi connectivity index (χ4v) is 2.65. The molecule has 0 saturated carbocycles. The van der Waals surface area contributed by atoms with Crippen LogP contribution < -0.4 is 0 Å². The first-order valence-corrected chi connectivity index (χ1v) is 6.21. The zero-order chi connectivity index (χ0) is 12.2. The third kappa shape index (κ3) is 1.48. The van der Waals surface area contributed by atoms with E-state index < -0.39 is 0 Å². The van der Waals surface area contributed by atoms with Gasteiger partial charge in [0.25, 0.3) is 0 Å². The Labute approximate surface area is 110 Å². The number of imidazole rings is 1. The van der Waals surface area contributed by atoms with E-state index in [1.807, 2.05) is 18.2 Å². The lowest BCUT2D eigenvalue weighted by Crippen LogP contribution is -2.04. The average molecular weight is 310 g/mol. The van der Waals surface area contributed by atoms with Crippen molar-refractivity contribution in [2.75, 3.05) is 0 Å². The van der Waals surface area contributed by atoms with Crippen molar-refractivity contribution in [1.82, 2.24) is 14.5 Å². The van der Waals surface area contributed by atoms with Crippen LogP contribution in [0.15, 0.2) is 22.7 Å². The molecule has 2 aromatic heterocycles. The van der Waals surface area contributed by atoms with Gasteiger partial charge in [-0.25, -0.2) is 0 Å². The summed E-state index contributed by atoms with van der Waals surface area (Å²) < 4.78 is 3.11. The standard InChI is InChI=1S/C11H8BrN3OS/c1-5(16)15-8-3-2-6(12)4-7(8)9-10(15)14-11(17)13-9/h2-4H,1H3,(H2,13,14,17). The Morgan fingerprint density at radius 1 is 1.41 bits per heavy atom. The van der Waals surface area contributed by atoms with E-state index in [1.165, 1.54) is 6.92 Å². The van der Waals surface area contributed by atoms with Gasteiger partial charge in [-0.05, 0) is 30.4 Å². The molecule has 0 atom stereocenters. The molecule has 0 aliphatic rings. The zero-order valence-electron chi connectivity index (χ0n) is 8.87. The topological polar surface area (TPSA) is 53.6 Å². The van der Waals surface area contributed by atoms with Crippen LogP contribution in [0.3, 0.4) is 0 Å². The van der Waals surface area contributed by atoms with E-state index in [0.29, 0.717) is 4.77 Å². The molecule has 0 aliphatic carbocycles. The Balaban J connectivity index is 2.64. The fraction of sp³-hybridized carbons (Fsp3) is 0.0909. The number of H-pyrrole nitrogens is 2. The maximum atomic E-state index is 11.7. The molecule has 4 nitrogen and oxygen atoms in total. The summed E-state index contributed by atoms with van der Waals surface area (Å²) in [6, 6.07) is 5.79. The van der Waals surface area contributed by atoms with E-state index >= 15 is 0 Å². The van der Waals surface area contributed by atoms with Crippen LogP contribution in [0.25, 0.3) is 22.1 Å². The molecule has 0 unspecified atom stereocenters. The number of carbonyl (C=O) groups excluding carboxylic acids is 1. The summed E-state index contributed by atoms with van der Waals surface area (Å²) in [7, 11) is 0. The summed E-state index contributed by atoms with van der Waals surface area (Å²) in [5.41, 5.74) is 2.45. The number of halogens is 1. The lowest BCUT2D eigenvalue weighted by Gasteiger charge is -1.99. The minimum atomic E-state index is -0.0439. The Bertz CT molecular complexity index is 811. The highest BCUT2D eigenvalue weighted by molar-refractivity contribution is 9.10. The lowest BCUT2D eigenvalue weighted by molar-refractivity contribution is 0.0946. The van der Waals surface area contributed by atoms with Crippen molar-refractivity contribution in [1.29, 1.82) is 0 Å². The molecule has 0 fully saturated rings. The summed E-state index contributed by atoms with van der Waals surface area (Å²) in [5, 5.41) is 0.969. The molecule has 2 N–H and O–H groups in total. The monoisotopic (exact) mass is 309 g/mol. The summed E-state index contributed by atoms with van der Waals surface area (Å²) in [6.45, 7) is 1.53. The van der Waals surface area contributed by atoms with Crippen LogP contribution in [0.4, 0.5) is 0 Å². The average Bonchev–Trinajstić information content (AvgIpc) is 2.73. The minimum absolute atomic E-state index is 0.0439. The van der Waals surface area contributed by atoms with Crippen LogP contribution in [0, 0.1) is 4.77 Å². The molecular weight excluding hydrogens is 302 g/mol. The van der Waals surface area contributed by atoms with Gasteiger partial charge < -0.3 is 9.97 Å². The predicted octanol–water partition coefficient (Wildman–Crippen LogP) is 3.60. The van der Waals surface area contributed by atoms with Crippen LogP contribution in [0.1, 0.15) is 11.7 Å². The van der Waals surface area contributed by atoms with Crippen molar-refractivity contribution < 1.29 is 4.79 Å². The van der Waals surface area contributed by atoms with E-state index in [1.54, 1.807) is 4.57 Å². The molecule has 2 heterocycles. The highest BCUT2D eigenvalue weighted by atomic mass is 79.9. The number of rotatable bonds is 0. The van der Waals surface area contributed by atoms with Gasteiger partial charge in [0.05, 0.1) is 11.0 Å². The Morgan fingerprint density at radius 2 is 2.18 bits per heavy atom. The summed E-state index contributed by atoms with van der Waals surface area (Å²) in [4.78, 5) is 17.8. The summed E-state index contributed by atoms with van der Waals surface area (Å²) in [6.07, 6.45) is 0.